The quantitative estimate of drug-likeness (QED) is 0.833. The van der Waals surface area contributed by atoms with E-state index in [-0.39, 0.29) is 0 Å². The van der Waals surface area contributed by atoms with Crippen molar-refractivity contribution in [3.8, 4) is 11.8 Å². The van der Waals surface area contributed by atoms with Gasteiger partial charge in [0.05, 0.1) is 0 Å². The van der Waals surface area contributed by atoms with Crippen molar-refractivity contribution in [3.63, 3.8) is 0 Å². The molecule has 1 aromatic heterocycles. The van der Waals surface area contributed by atoms with Crippen LogP contribution >= 0.6 is 11.6 Å². The minimum absolute atomic E-state index is 0.386. The van der Waals surface area contributed by atoms with Crippen molar-refractivity contribution >= 4 is 11.6 Å². The summed E-state index contributed by atoms with van der Waals surface area (Å²) in [7, 11) is 0. The third-order valence-corrected chi connectivity index (χ3v) is 2.38. The topological polar surface area (TPSA) is 45.9 Å². The predicted octanol–water partition coefficient (Wildman–Crippen LogP) is 3.19. The van der Waals surface area contributed by atoms with E-state index in [9.17, 15) is 0 Å². The Kier molecular flexibility index (Phi) is 3.59. The number of hydrogen-bond donors (Lipinski definition) is 0. The highest BCUT2D eigenvalue weighted by Gasteiger charge is 1.99. The highest BCUT2D eigenvalue weighted by molar-refractivity contribution is 6.30. The number of rotatable bonds is 3. The monoisotopic (exact) mass is 244 g/mol. The molecule has 0 saturated carbocycles. The summed E-state index contributed by atoms with van der Waals surface area (Å²) in [6, 6.07) is 12.7. The first-order chi connectivity index (χ1) is 8.28. The van der Waals surface area contributed by atoms with Crippen LogP contribution < -0.4 is 4.74 Å². The zero-order valence-corrected chi connectivity index (χ0v) is 9.69. The van der Waals surface area contributed by atoms with Gasteiger partial charge in [0.25, 0.3) is 0 Å². The van der Waals surface area contributed by atoms with Crippen molar-refractivity contribution in [1.29, 1.82) is 5.26 Å². The van der Waals surface area contributed by atoms with E-state index in [2.05, 4.69) is 4.98 Å². The number of pyridine rings is 1. The molecule has 4 heteroatoms. The number of halogens is 1. The number of nitrogens with zero attached hydrogens (tertiary/aromatic N) is 2. The average Bonchev–Trinajstić information content (AvgIpc) is 2.37. The summed E-state index contributed by atoms with van der Waals surface area (Å²) >= 11 is 5.84. The number of benzene rings is 1. The fourth-order valence-electron chi connectivity index (χ4n) is 1.35. The standard InChI is InChI=1S/C13H9ClN2O/c14-11-2-1-3-13(7-11)17-9-10-4-5-16-12(6-10)8-15/h1-7H,9H2. The van der Waals surface area contributed by atoms with E-state index in [1.165, 1.54) is 0 Å². The molecule has 2 aromatic rings. The van der Waals surface area contributed by atoms with E-state index >= 15 is 0 Å². The second-order valence-corrected chi connectivity index (χ2v) is 3.84. The van der Waals surface area contributed by atoms with Crippen LogP contribution in [0.25, 0.3) is 0 Å². The Bertz CT molecular complexity index is 563. The van der Waals surface area contributed by atoms with Crippen LogP contribution in [0.4, 0.5) is 0 Å². The van der Waals surface area contributed by atoms with Gasteiger partial charge in [-0.3, -0.25) is 0 Å². The fourth-order valence-corrected chi connectivity index (χ4v) is 1.53. The molecule has 2 rings (SSSR count). The van der Waals surface area contributed by atoms with Crippen molar-refractivity contribution in [3.05, 3.63) is 58.9 Å². The molecule has 0 saturated heterocycles. The zero-order chi connectivity index (χ0) is 12.1. The first-order valence-electron chi connectivity index (χ1n) is 5.01. The molecule has 1 heterocycles. The maximum absolute atomic E-state index is 8.71. The maximum atomic E-state index is 8.71. The molecule has 3 nitrogen and oxygen atoms in total. The molecule has 0 atom stereocenters. The molecule has 0 fully saturated rings. The number of aromatic nitrogens is 1. The Morgan fingerprint density at radius 1 is 1.29 bits per heavy atom. The molecule has 0 aliphatic heterocycles. The van der Waals surface area contributed by atoms with Gasteiger partial charge < -0.3 is 4.74 Å². The molecule has 0 spiro atoms. The molecule has 0 aliphatic rings. The summed E-state index contributed by atoms with van der Waals surface area (Å²) in [6.45, 7) is 0.386. The van der Waals surface area contributed by atoms with Gasteiger partial charge in [0.2, 0.25) is 0 Å². The summed E-state index contributed by atoms with van der Waals surface area (Å²) < 4.78 is 5.55. The lowest BCUT2D eigenvalue weighted by Crippen LogP contribution is -1.96. The molecule has 0 radical (unpaired) electrons. The second-order valence-electron chi connectivity index (χ2n) is 3.41. The zero-order valence-electron chi connectivity index (χ0n) is 8.93. The normalized spacial score (nSPS) is 9.65. The highest BCUT2D eigenvalue weighted by Crippen LogP contribution is 2.18. The smallest absolute Gasteiger partial charge is 0.140 e. The van der Waals surface area contributed by atoms with Gasteiger partial charge in [0.15, 0.2) is 0 Å². The highest BCUT2D eigenvalue weighted by atomic mass is 35.5. The van der Waals surface area contributed by atoms with Crippen LogP contribution in [0.15, 0.2) is 42.6 Å². The molecule has 0 amide bonds. The van der Waals surface area contributed by atoms with E-state index in [0.717, 1.165) is 5.56 Å². The summed E-state index contributed by atoms with van der Waals surface area (Å²) in [5.41, 5.74) is 1.29. The molecule has 84 valence electrons. The molecular weight excluding hydrogens is 236 g/mol. The van der Waals surface area contributed by atoms with Crippen molar-refractivity contribution < 1.29 is 4.74 Å². The van der Waals surface area contributed by atoms with Crippen molar-refractivity contribution in [1.82, 2.24) is 4.98 Å². The van der Waals surface area contributed by atoms with Gasteiger partial charge in [-0.25, -0.2) is 4.98 Å². The molecule has 0 N–H and O–H groups in total. The Hall–Kier alpha value is -2.05. The third-order valence-electron chi connectivity index (χ3n) is 2.14. The van der Waals surface area contributed by atoms with Gasteiger partial charge in [0, 0.05) is 11.2 Å². The van der Waals surface area contributed by atoms with Gasteiger partial charge in [-0.2, -0.15) is 5.26 Å². The van der Waals surface area contributed by atoms with Crippen LogP contribution in [0.2, 0.25) is 5.02 Å². The van der Waals surface area contributed by atoms with E-state index in [1.54, 1.807) is 24.4 Å². The van der Waals surface area contributed by atoms with Gasteiger partial charge in [-0.05, 0) is 35.9 Å². The van der Waals surface area contributed by atoms with Crippen molar-refractivity contribution in [2.24, 2.45) is 0 Å². The largest absolute Gasteiger partial charge is 0.489 e. The van der Waals surface area contributed by atoms with E-state index in [1.807, 2.05) is 24.3 Å². The molecular formula is C13H9ClN2O. The summed E-state index contributed by atoms with van der Waals surface area (Å²) in [6.07, 6.45) is 1.59. The fraction of sp³-hybridized carbons (Fsp3) is 0.0769. The first-order valence-corrected chi connectivity index (χ1v) is 5.39. The Labute approximate surface area is 104 Å². The second kappa shape index (κ2) is 5.33. The van der Waals surface area contributed by atoms with Crippen molar-refractivity contribution in [2.75, 3.05) is 0 Å². The Morgan fingerprint density at radius 2 is 2.18 bits per heavy atom. The number of hydrogen-bond acceptors (Lipinski definition) is 3. The van der Waals surface area contributed by atoms with Gasteiger partial charge in [-0.15, -0.1) is 0 Å². The summed E-state index contributed by atoms with van der Waals surface area (Å²) in [5, 5.41) is 9.35. The summed E-state index contributed by atoms with van der Waals surface area (Å²) in [5.74, 6) is 0.702. The number of nitriles is 1. The van der Waals surface area contributed by atoms with E-state index in [0.29, 0.717) is 23.1 Å². The molecule has 1 aromatic carbocycles. The van der Waals surface area contributed by atoms with E-state index in [4.69, 9.17) is 21.6 Å². The van der Waals surface area contributed by atoms with Gasteiger partial charge >= 0.3 is 0 Å². The molecule has 0 bridgehead atoms. The molecule has 0 aliphatic carbocycles. The Balaban J connectivity index is 2.05. The van der Waals surface area contributed by atoms with Gasteiger partial charge in [-0.1, -0.05) is 17.7 Å². The lowest BCUT2D eigenvalue weighted by Gasteiger charge is -2.06. The Morgan fingerprint density at radius 3 is 2.94 bits per heavy atom. The van der Waals surface area contributed by atoms with Gasteiger partial charge in [0.1, 0.15) is 24.1 Å². The minimum Gasteiger partial charge on any atom is -0.489 e. The van der Waals surface area contributed by atoms with Crippen LogP contribution in [0.1, 0.15) is 11.3 Å². The maximum Gasteiger partial charge on any atom is 0.140 e. The first kappa shape index (κ1) is 11.4. The SMILES string of the molecule is N#Cc1cc(COc2cccc(Cl)c2)ccn1. The van der Waals surface area contributed by atoms with Crippen LogP contribution in [-0.4, -0.2) is 4.98 Å². The minimum atomic E-state index is 0.386. The third kappa shape index (κ3) is 3.20. The molecule has 17 heavy (non-hydrogen) atoms. The van der Waals surface area contributed by atoms with Crippen LogP contribution in [0.3, 0.4) is 0 Å². The number of ether oxygens (including phenoxy) is 1. The lowest BCUT2D eigenvalue weighted by molar-refractivity contribution is 0.306. The van der Waals surface area contributed by atoms with E-state index < -0.39 is 0 Å². The van der Waals surface area contributed by atoms with Crippen LogP contribution in [0.5, 0.6) is 5.75 Å². The predicted molar refractivity (Wildman–Crippen MR) is 64.7 cm³/mol. The lowest BCUT2D eigenvalue weighted by atomic mass is 10.2. The molecule has 0 unspecified atom stereocenters. The summed E-state index contributed by atoms with van der Waals surface area (Å²) in [4.78, 5) is 3.89. The average molecular weight is 245 g/mol. The van der Waals surface area contributed by atoms with Crippen LogP contribution in [-0.2, 0) is 6.61 Å². The van der Waals surface area contributed by atoms with Crippen molar-refractivity contribution in [2.45, 2.75) is 6.61 Å². The van der Waals surface area contributed by atoms with Crippen LogP contribution in [0, 0.1) is 11.3 Å².